The van der Waals surface area contributed by atoms with Gasteiger partial charge in [-0.2, -0.15) is 13.2 Å². The van der Waals surface area contributed by atoms with Gasteiger partial charge in [0.25, 0.3) is 0 Å². The molecule has 0 aliphatic carbocycles. The molecular formula is C10H20F3NO. The van der Waals surface area contributed by atoms with E-state index in [1.165, 1.54) is 12.8 Å². The molecule has 0 aromatic carbocycles. The molecule has 0 atom stereocenters. The van der Waals surface area contributed by atoms with E-state index in [1.54, 1.807) is 0 Å². The lowest BCUT2D eigenvalue weighted by Crippen LogP contribution is -2.22. The number of unbranched alkanes of at least 4 members (excludes halogenated alkanes) is 2. The van der Waals surface area contributed by atoms with E-state index in [0.717, 1.165) is 13.0 Å². The Kier molecular flexibility index (Phi) is 8.80. The summed E-state index contributed by atoms with van der Waals surface area (Å²) in [5.74, 6) is 0. The minimum absolute atomic E-state index is 0.236. The van der Waals surface area contributed by atoms with Gasteiger partial charge in [-0.3, -0.25) is 0 Å². The van der Waals surface area contributed by atoms with Crippen LogP contribution >= 0.6 is 0 Å². The Labute approximate surface area is 89.2 Å². The molecule has 92 valence electrons. The molecule has 0 fully saturated rings. The molecule has 15 heavy (non-hydrogen) atoms. The molecule has 2 nitrogen and oxygen atoms in total. The summed E-state index contributed by atoms with van der Waals surface area (Å²) in [7, 11) is 0. The quantitative estimate of drug-likeness (QED) is 0.611. The van der Waals surface area contributed by atoms with Gasteiger partial charge in [-0.05, 0) is 13.0 Å². The van der Waals surface area contributed by atoms with Crippen molar-refractivity contribution in [2.24, 2.45) is 0 Å². The van der Waals surface area contributed by atoms with E-state index >= 15 is 0 Å². The van der Waals surface area contributed by atoms with E-state index in [9.17, 15) is 13.2 Å². The van der Waals surface area contributed by atoms with Crippen LogP contribution < -0.4 is 5.32 Å². The zero-order valence-electron chi connectivity index (χ0n) is 9.20. The maximum absolute atomic E-state index is 11.7. The Morgan fingerprint density at radius 1 is 1.07 bits per heavy atom. The zero-order chi connectivity index (χ0) is 11.6. The van der Waals surface area contributed by atoms with Crippen molar-refractivity contribution < 1.29 is 17.9 Å². The van der Waals surface area contributed by atoms with Crippen LogP contribution in [-0.4, -0.2) is 32.5 Å². The summed E-state index contributed by atoms with van der Waals surface area (Å²) in [5, 5.41) is 3.11. The van der Waals surface area contributed by atoms with E-state index in [0.29, 0.717) is 13.2 Å². The Balaban J connectivity index is 2.99. The van der Waals surface area contributed by atoms with Crippen molar-refractivity contribution in [1.29, 1.82) is 0 Å². The fourth-order valence-corrected chi connectivity index (χ4v) is 1.06. The van der Waals surface area contributed by atoms with Crippen LogP contribution in [0.4, 0.5) is 13.2 Å². The maximum atomic E-state index is 11.7. The fraction of sp³-hybridized carbons (Fsp3) is 1.00. The summed E-state index contributed by atoms with van der Waals surface area (Å²) in [6, 6.07) is 0. The Bertz CT molecular complexity index is 139. The zero-order valence-corrected chi connectivity index (χ0v) is 9.20. The first-order valence-electron chi connectivity index (χ1n) is 5.41. The number of rotatable bonds is 9. The number of nitrogens with one attached hydrogen (secondary N) is 1. The van der Waals surface area contributed by atoms with Crippen molar-refractivity contribution in [3.8, 4) is 0 Å². The number of ether oxygens (including phenoxy) is 1. The monoisotopic (exact) mass is 227 g/mol. The molecule has 0 spiro atoms. The first-order chi connectivity index (χ1) is 7.06. The van der Waals surface area contributed by atoms with Crippen LogP contribution in [0.25, 0.3) is 0 Å². The highest BCUT2D eigenvalue weighted by Gasteiger charge is 2.26. The number of halogens is 3. The summed E-state index contributed by atoms with van der Waals surface area (Å²) in [5.41, 5.74) is 0. The van der Waals surface area contributed by atoms with Crippen molar-refractivity contribution in [3.05, 3.63) is 0 Å². The highest BCUT2D eigenvalue weighted by Crippen LogP contribution is 2.18. The van der Waals surface area contributed by atoms with E-state index in [-0.39, 0.29) is 6.61 Å². The fourth-order valence-electron chi connectivity index (χ4n) is 1.06. The van der Waals surface area contributed by atoms with Crippen LogP contribution in [-0.2, 0) is 4.74 Å². The molecule has 0 unspecified atom stereocenters. The van der Waals surface area contributed by atoms with Gasteiger partial charge >= 0.3 is 6.18 Å². The molecule has 0 amide bonds. The molecule has 0 rings (SSSR count). The molecule has 0 saturated carbocycles. The average Bonchev–Trinajstić information content (AvgIpc) is 2.14. The summed E-state index contributed by atoms with van der Waals surface area (Å²) >= 11 is 0. The van der Waals surface area contributed by atoms with Crippen LogP contribution in [0, 0.1) is 0 Å². The average molecular weight is 227 g/mol. The van der Waals surface area contributed by atoms with Gasteiger partial charge in [0.1, 0.15) is 0 Å². The Hall–Kier alpha value is -0.290. The molecule has 0 aliphatic heterocycles. The second-order valence-corrected chi connectivity index (χ2v) is 3.43. The number of hydrogen-bond acceptors (Lipinski definition) is 2. The van der Waals surface area contributed by atoms with Crippen LogP contribution in [0.1, 0.15) is 32.6 Å². The molecule has 0 saturated heterocycles. The van der Waals surface area contributed by atoms with E-state index in [1.807, 2.05) is 0 Å². The molecular weight excluding hydrogens is 207 g/mol. The highest BCUT2D eigenvalue weighted by atomic mass is 19.4. The van der Waals surface area contributed by atoms with Gasteiger partial charge in [0.15, 0.2) is 0 Å². The van der Waals surface area contributed by atoms with Gasteiger partial charge in [0, 0.05) is 6.54 Å². The first kappa shape index (κ1) is 14.7. The minimum atomic E-state index is -4.10. The Morgan fingerprint density at radius 2 is 1.80 bits per heavy atom. The predicted molar refractivity (Wildman–Crippen MR) is 53.9 cm³/mol. The topological polar surface area (TPSA) is 21.3 Å². The summed E-state index contributed by atoms with van der Waals surface area (Å²) < 4.78 is 39.9. The molecule has 0 aliphatic rings. The molecule has 1 N–H and O–H groups in total. The highest BCUT2D eigenvalue weighted by molar-refractivity contribution is 4.50. The summed E-state index contributed by atoms with van der Waals surface area (Å²) in [6.07, 6.45) is -1.50. The molecule has 5 heteroatoms. The van der Waals surface area contributed by atoms with Crippen molar-refractivity contribution in [2.45, 2.75) is 38.8 Å². The van der Waals surface area contributed by atoms with Gasteiger partial charge in [-0.1, -0.05) is 19.8 Å². The second kappa shape index (κ2) is 8.97. The van der Waals surface area contributed by atoms with Gasteiger partial charge < -0.3 is 10.1 Å². The lowest BCUT2D eigenvalue weighted by molar-refractivity contribution is -0.145. The van der Waals surface area contributed by atoms with Gasteiger partial charge in [0.05, 0.1) is 19.6 Å². The standard InChI is InChI=1S/C10H20F3NO/c1-2-3-4-6-14-7-9-15-8-5-10(11,12)13/h14H,2-9H2,1H3. The van der Waals surface area contributed by atoms with E-state index in [2.05, 4.69) is 12.2 Å². The third-order valence-corrected chi connectivity index (χ3v) is 1.91. The van der Waals surface area contributed by atoms with Gasteiger partial charge in [-0.25, -0.2) is 0 Å². The number of hydrogen-bond donors (Lipinski definition) is 1. The normalized spacial score (nSPS) is 12.0. The third kappa shape index (κ3) is 13.7. The summed E-state index contributed by atoms with van der Waals surface area (Å²) in [4.78, 5) is 0. The second-order valence-electron chi connectivity index (χ2n) is 3.43. The predicted octanol–water partition coefficient (Wildman–Crippen LogP) is 2.74. The van der Waals surface area contributed by atoms with Gasteiger partial charge in [0.2, 0.25) is 0 Å². The van der Waals surface area contributed by atoms with E-state index < -0.39 is 12.6 Å². The van der Waals surface area contributed by atoms with Crippen LogP contribution in [0.5, 0.6) is 0 Å². The minimum Gasteiger partial charge on any atom is -0.380 e. The lowest BCUT2D eigenvalue weighted by atomic mass is 10.2. The summed E-state index contributed by atoms with van der Waals surface area (Å²) in [6.45, 7) is 3.78. The van der Waals surface area contributed by atoms with Crippen molar-refractivity contribution in [1.82, 2.24) is 5.32 Å². The first-order valence-corrected chi connectivity index (χ1v) is 5.41. The number of alkyl halides is 3. The van der Waals surface area contributed by atoms with Crippen LogP contribution in [0.2, 0.25) is 0 Å². The molecule has 0 radical (unpaired) electrons. The van der Waals surface area contributed by atoms with Crippen molar-refractivity contribution in [3.63, 3.8) is 0 Å². The van der Waals surface area contributed by atoms with Crippen LogP contribution in [0.3, 0.4) is 0 Å². The van der Waals surface area contributed by atoms with Crippen molar-refractivity contribution >= 4 is 0 Å². The third-order valence-electron chi connectivity index (χ3n) is 1.91. The maximum Gasteiger partial charge on any atom is 0.391 e. The smallest absolute Gasteiger partial charge is 0.380 e. The largest absolute Gasteiger partial charge is 0.391 e. The van der Waals surface area contributed by atoms with E-state index in [4.69, 9.17) is 4.74 Å². The Morgan fingerprint density at radius 3 is 2.40 bits per heavy atom. The van der Waals surface area contributed by atoms with Crippen LogP contribution in [0.15, 0.2) is 0 Å². The lowest BCUT2D eigenvalue weighted by Gasteiger charge is -2.07. The molecule has 0 heterocycles. The molecule has 0 aromatic heterocycles. The molecule has 0 bridgehead atoms. The SMILES string of the molecule is CCCCCNCCOCCC(F)(F)F. The van der Waals surface area contributed by atoms with Crippen molar-refractivity contribution in [2.75, 3.05) is 26.3 Å². The molecule has 0 aromatic rings. The van der Waals surface area contributed by atoms with Gasteiger partial charge in [-0.15, -0.1) is 0 Å².